The van der Waals surface area contributed by atoms with E-state index in [2.05, 4.69) is 0 Å². The number of methoxy groups -OCH3 is 1. The molecule has 0 saturated carbocycles. The minimum Gasteiger partial charge on any atom is -0.495 e. The molecule has 0 bridgehead atoms. The smallest absolute Gasteiger partial charge is 0.347 e. The van der Waals surface area contributed by atoms with E-state index in [-0.39, 0.29) is 5.63 Å². The van der Waals surface area contributed by atoms with Crippen molar-refractivity contribution in [1.82, 2.24) is 0 Å². The van der Waals surface area contributed by atoms with Crippen LogP contribution in [0.3, 0.4) is 0 Å². The van der Waals surface area contributed by atoms with E-state index in [4.69, 9.17) is 9.15 Å². The standard InChI is InChI=1S/C17H14O3/c1-11-7-9-12(10-8-11)15-16(19-2)13-5-3-4-6-14(13)20-17(15)18/h3-10H,1-2H3. The third kappa shape index (κ3) is 1.97. The fourth-order valence-electron chi connectivity index (χ4n) is 2.30. The number of fused-ring (bicyclic) bond motifs is 1. The summed E-state index contributed by atoms with van der Waals surface area (Å²) in [6.45, 7) is 2.00. The Kier molecular flexibility index (Phi) is 3.03. The first-order valence-corrected chi connectivity index (χ1v) is 6.37. The van der Waals surface area contributed by atoms with Gasteiger partial charge in [-0.2, -0.15) is 0 Å². The number of aryl methyl sites for hydroxylation is 1. The monoisotopic (exact) mass is 266 g/mol. The molecule has 0 saturated heterocycles. The fourth-order valence-corrected chi connectivity index (χ4v) is 2.30. The largest absolute Gasteiger partial charge is 0.495 e. The summed E-state index contributed by atoms with van der Waals surface area (Å²) in [6.07, 6.45) is 0. The van der Waals surface area contributed by atoms with Crippen molar-refractivity contribution >= 4 is 11.0 Å². The van der Waals surface area contributed by atoms with Gasteiger partial charge in [0.25, 0.3) is 0 Å². The Morgan fingerprint density at radius 1 is 1.00 bits per heavy atom. The average Bonchev–Trinajstić information content (AvgIpc) is 2.47. The van der Waals surface area contributed by atoms with E-state index in [1.807, 2.05) is 49.4 Å². The molecule has 0 aliphatic rings. The van der Waals surface area contributed by atoms with Gasteiger partial charge in [0.1, 0.15) is 16.9 Å². The zero-order valence-electron chi connectivity index (χ0n) is 11.3. The van der Waals surface area contributed by atoms with Crippen molar-refractivity contribution in [2.45, 2.75) is 6.92 Å². The highest BCUT2D eigenvalue weighted by Crippen LogP contribution is 2.33. The van der Waals surface area contributed by atoms with Gasteiger partial charge < -0.3 is 9.15 Å². The summed E-state index contributed by atoms with van der Waals surface area (Å²) in [5, 5.41) is 0.796. The van der Waals surface area contributed by atoms with Crippen LogP contribution in [0.2, 0.25) is 0 Å². The van der Waals surface area contributed by atoms with Crippen LogP contribution in [-0.2, 0) is 0 Å². The zero-order valence-corrected chi connectivity index (χ0v) is 11.3. The number of hydrogen-bond donors (Lipinski definition) is 0. The van der Waals surface area contributed by atoms with E-state index in [0.29, 0.717) is 16.9 Å². The van der Waals surface area contributed by atoms with E-state index in [1.165, 1.54) is 0 Å². The molecular formula is C17H14O3. The zero-order chi connectivity index (χ0) is 14.1. The predicted molar refractivity (Wildman–Crippen MR) is 79.2 cm³/mol. The molecule has 1 aromatic heterocycles. The fraction of sp³-hybridized carbons (Fsp3) is 0.118. The molecule has 3 heteroatoms. The van der Waals surface area contributed by atoms with Gasteiger partial charge in [0.15, 0.2) is 0 Å². The summed E-state index contributed by atoms with van der Waals surface area (Å²) in [5.41, 5.74) is 2.55. The third-order valence-electron chi connectivity index (χ3n) is 3.31. The SMILES string of the molecule is COc1c(-c2ccc(C)cc2)c(=O)oc2ccccc12. The van der Waals surface area contributed by atoms with Crippen LogP contribution < -0.4 is 10.4 Å². The normalized spacial score (nSPS) is 10.7. The third-order valence-corrected chi connectivity index (χ3v) is 3.31. The number of hydrogen-bond acceptors (Lipinski definition) is 3. The van der Waals surface area contributed by atoms with Gasteiger partial charge in [-0.05, 0) is 24.6 Å². The Hall–Kier alpha value is -2.55. The number of benzene rings is 2. The maximum atomic E-state index is 12.3. The quantitative estimate of drug-likeness (QED) is 0.663. The van der Waals surface area contributed by atoms with E-state index < -0.39 is 0 Å². The van der Waals surface area contributed by atoms with Gasteiger partial charge in [-0.25, -0.2) is 4.79 Å². The van der Waals surface area contributed by atoms with Crippen LogP contribution in [0.5, 0.6) is 5.75 Å². The molecule has 20 heavy (non-hydrogen) atoms. The second-order valence-corrected chi connectivity index (χ2v) is 4.66. The Morgan fingerprint density at radius 2 is 1.70 bits per heavy atom. The van der Waals surface area contributed by atoms with Crippen LogP contribution in [0.25, 0.3) is 22.1 Å². The average molecular weight is 266 g/mol. The Labute approximate surface area is 116 Å². The molecular weight excluding hydrogens is 252 g/mol. The van der Waals surface area contributed by atoms with Crippen molar-refractivity contribution in [1.29, 1.82) is 0 Å². The second-order valence-electron chi connectivity index (χ2n) is 4.66. The van der Waals surface area contributed by atoms with Gasteiger partial charge in [0, 0.05) is 0 Å². The van der Waals surface area contributed by atoms with Gasteiger partial charge in [-0.3, -0.25) is 0 Å². The van der Waals surface area contributed by atoms with Crippen molar-refractivity contribution in [3.8, 4) is 16.9 Å². The lowest BCUT2D eigenvalue weighted by atomic mass is 10.0. The van der Waals surface area contributed by atoms with Gasteiger partial charge in [-0.1, -0.05) is 42.0 Å². The van der Waals surface area contributed by atoms with Crippen molar-refractivity contribution in [2.24, 2.45) is 0 Å². The summed E-state index contributed by atoms with van der Waals surface area (Å²) in [4.78, 5) is 12.3. The van der Waals surface area contributed by atoms with Crippen LogP contribution in [-0.4, -0.2) is 7.11 Å². The van der Waals surface area contributed by atoms with Crippen LogP contribution in [0.4, 0.5) is 0 Å². The van der Waals surface area contributed by atoms with E-state index in [0.717, 1.165) is 16.5 Å². The van der Waals surface area contributed by atoms with E-state index in [1.54, 1.807) is 13.2 Å². The Bertz CT molecular complexity index is 814. The lowest BCUT2D eigenvalue weighted by molar-refractivity contribution is 0.415. The summed E-state index contributed by atoms with van der Waals surface area (Å²) in [5.74, 6) is 0.556. The summed E-state index contributed by atoms with van der Waals surface area (Å²) in [7, 11) is 1.57. The lowest BCUT2D eigenvalue weighted by Gasteiger charge is -2.10. The van der Waals surface area contributed by atoms with Crippen LogP contribution >= 0.6 is 0 Å². The first-order valence-electron chi connectivity index (χ1n) is 6.37. The highest BCUT2D eigenvalue weighted by Gasteiger charge is 2.16. The molecule has 0 radical (unpaired) electrons. The Morgan fingerprint density at radius 3 is 2.40 bits per heavy atom. The predicted octanol–water partition coefficient (Wildman–Crippen LogP) is 3.78. The molecule has 0 aliphatic heterocycles. The van der Waals surface area contributed by atoms with Gasteiger partial charge in [-0.15, -0.1) is 0 Å². The molecule has 0 spiro atoms. The van der Waals surface area contributed by atoms with Gasteiger partial charge in [0.2, 0.25) is 0 Å². The van der Waals surface area contributed by atoms with Crippen LogP contribution in [0.15, 0.2) is 57.7 Å². The maximum Gasteiger partial charge on any atom is 0.347 e. The first-order chi connectivity index (χ1) is 9.70. The molecule has 3 aromatic rings. The highest BCUT2D eigenvalue weighted by atomic mass is 16.5. The molecule has 0 amide bonds. The highest BCUT2D eigenvalue weighted by molar-refractivity contribution is 5.90. The van der Waals surface area contributed by atoms with Crippen molar-refractivity contribution in [3.63, 3.8) is 0 Å². The number of rotatable bonds is 2. The number of para-hydroxylation sites is 1. The summed E-state index contributed by atoms with van der Waals surface area (Å²) >= 11 is 0. The van der Waals surface area contributed by atoms with Crippen molar-refractivity contribution in [2.75, 3.05) is 7.11 Å². The molecule has 100 valence electrons. The molecule has 0 aliphatic carbocycles. The van der Waals surface area contributed by atoms with Gasteiger partial charge in [0.05, 0.1) is 12.5 Å². The molecule has 2 aromatic carbocycles. The summed E-state index contributed by atoms with van der Waals surface area (Å²) < 4.78 is 10.8. The van der Waals surface area contributed by atoms with Crippen molar-refractivity contribution in [3.05, 3.63) is 64.5 Å². The van der Waals surface area contributed by atoms with Crippen molar-refractivity contribution < 1.29 is 9.15 Å². The molecule has 0 N–H and O–H groups in total. The Balaban J connectivity index is 2.37. The van der Waals surface area contributed by atoms with E-state index >= 15 is 0 Å². The second kappa shape index (κ2) is 4.85. The minimum atomic E-state index is -0.385. The number of ether oxygens (including phenoxy) is 1. The maximum absolute atomic E-state index is 12.3. The minimum absolute atomic E-state index is 0.385. The molecule has 3 nitrogen and oxygen atoms in total. The molecule has 0 fully saturated rings. The molecule has 0 unspecified atom stereocenters. The lowest BCUT2D eigenvalue weighted by Crippen LogP contribution is -2.06. The molecule has 3 rings (SSSR count). The molecule has 0 atom stereocenters. The van der Waals surface area contributed by atoms with Crippen LogP contribution in [0, 0.1) is 6.92 Å². The van der Waals surface area contributed by atoms with Crippen LogP contribution in [0.1, 0.15) is 5.56 Å². The summed E-state index contributed by atoms with van der Waals surface area (Å²) in [6, 6.07) is 15.1. The first kappa shape index (κ1) is 12.5. The molecule has 1 heterocycles. The van der Waals surface area contributed by atoms with E-state index in [9.17, 15) is 4.79 Å². The van der Waals surface area contributed by atoms with Gasteiger partial charge >= 0.3 is 5.63 Å². The topological polar surface area (TPSA) is 39.4 Å².